The number of hydrogen-bond donors (Lipinski definition) is 2. The Morgan fingerprint density at radius 1 is 1.29 bits per heavy atom. The number of rotatable bonds is 6. The van der Waals surface area contributed by atoms with Crippen LogP contribution < -0.4 is 10.2 Å². The molecule has 1 aliphatic rings. The number of aliphatic carboxylic acids is 1. The van der Waals surface area contributed by atoms with Crippen molar-refractivity contribution in [2.24, 2.45) is 0 Å². The molecular weight excluding hydrogens is 272 g/mol. The Kier molecular flexibility index (Phi) is 5.48. The molecule has 2 heterocycles. The second-order valence-corrected chi connectivity index (χ2v) is 5.14. The first kappa shape index (κ1) is 15.2. The van der Waals surface area contributed by atoms with Crippen molar-refractivity contribution < 1.29 is 14.7 Å². The molecule has 1 aromatic rings. The molecule has 0 aliphatic carbocycles. The summed E-state index contributed by atoms with van der Waals surface area (Å²) in [7, 11) is 0. The van der Waals surface area contributed by atoms with Crippen LogP contribution in [-0.4, -0.2) is 46.1 Å². The molecule has 21 heavy (non-hydrogen) atoms. The number of nitrogens with one attached hydrogen (secondary N) is 1. The first-order valence-electron chi connectivity index (χ1n) is 7.17. The van der Waals surface area contributed by atoms with Gasteiger partial charge in [-0.2, -0.15) is 0 Å². The van der Waals surface area contributed by atoms with Gasteiger partial charge in [0.25, 0.3) is 0 Å². The third kappa shape index (κ3) is 5.02. The van der Waals surface area contributed by atoms with Crippen LogP contribution in [0.5, 0.6) is 0 Å². The largest absolute Gasteiger partial charge is 0.481 e. The zero-order valence-corrected chi connectivity index (χ0v) is 11.9. The third-order valence-corrected chi connectivity index (χ3v) is 3.53. The number of carboxylic acid groups (broad SMARTS) is 1. The molecule has 1 amide bonds. The van der Waals surface area contributed by atoms with E-state index in [1.807, 2.05) is 0 Å². The van der Waals surface area contributed by atoms with Crippen molar-refractivity contribution in [3.05, 3.63) is 18.6 Å². The van der Waals surface area contributed by atoms with Gasteiger partial charge in [0.2, 0.25) is 5.91 Å². The maximum Gasteiger partial charge on any atom is 0.303 e. The fourth-order valence-corrected chi connectivity index (χ4v) is 2.41. The highest BCUT2D eigenvalue weighted by Gasteiger charge is 2.21. The van der Waals surface area contributed by atoms with Gasteiger partial charge in [-0.25, -0.2) is 4.98 Å². The Morgan fingerprint density at radius 2 is 2.05 bits per heavy atom. The first-order valence-corrected chi connectivity index (χ1v) is 7.17. The summed E-state index contributed by atoms with van der Waals surface area (Å²) in [6.07, 6.45) is 7.49. The Labute approximate surface area is 123 Å². The number of aromatic nitrogens is 2. The topological polar surface area (TPSA) is 95.4 Å². The zero-order chi connectivity index (χ0) is 15.1. The van der Waals surface area contributed by atoms with Crippen LogP contribution in [0.25, 0.3) is 0 Å². The van der Waals surface area contributed by atoms with E-state index in [4.69, 9.17) is 5.11 Å². The highest BCUT2D eigenvalue weighted by atomic mass is 16.4. The Morgan fingerprint density at radius 3 is 2.67 bits per heavy atom. The average molecular weight is 292 g/mol. The fourth-order valence-electron chi connectivity index (χ4n) is 2.41. The number of piperidine rings is 1. The van der Waals surface area contributed by atoms with Gasteiger partial charge in [-0.3, -0.25) is 14.6 Å². The molecule has 114 valence electrons. The molecule has 2 N–H and O–H groups in total. The van der Waals surface area contributed by atoms with Crippen molar-refractivity contribution in [2.75, 3.05) is 18.0 Å². The molecule has 0 unspecified atom stereocenters. The molecule has 1 fully saturated rings. The minimum atomic E-state index is -0.861. The predicted molar refractivity (Wildman–Crippen MR) is 76.9 cm³/mol. The van der Waals surface area contributed by atoms with Crippen LogP contribution in [-0.2, 0) is 9.59 Å². The summed E-state index contributed by atoms with van der Waals surface area (Å²) < 4.78 is 0. The number of carbonyl (C=O) groups excluding carboxylic acids is 1. The van der Waals surface area contributed by atoms with Crippen molar-refractivity contribution in [1.82, 2.24) is 15.3 Å². The van der Waals surface area contributed by atoms with E-state index >= 15 is 0 Å². The number of amides is 1. The van der Waals surface area contributed by atoms with Crippen LogP contribution in [0.15, 0.2) is 18.6 Å². The van der Waals surface area contributed by atoms with Gasteiger partial charge in [0.05, 0.1) is 6.20 Å². The van der Waals surface area contributed by atoms with Crippen molar-refractivity contribution in [3.8, 4) is 0 Å². The minimum Gasteiger partial charge on any atom is -0.481 e. The number of carboxylic acids is 1. The van der Waals surface area contributed by atoms with E-state index in [0.717, 1.165) is 31.7 Å². The number of hydrogen-bond acceptors (Lipinski definition) is 5. The molecule has 0 saturated carbocycles. The molecule has 0 spiro atoms. The SMILES string of the molecule is O=C(O)CCCC(=O)NC1CCN(c2cnccn2)CC1. The van der Waals surface area contributed by atoms with Gasteiger partial charge >= 0.3 is 5.97 Å². The summed E-state index contributed by atoms with van der Waals surface area (Å²) in [5, 5.41) is 11.5. The quantitative estimate of drug-likeness (QED) is 0.806. The van der Waals surface area contributed by atoms with Gasteiger partial charge in [-0.1, -0.05) is 0 Å². The van der Waals surface area contributed by atoms with Gasteiger partial charge in [0.1, 0.15) is 5.82 Å². The van der Waals surface area contributed by atoms with Crippen LogP contribution in [0.1, 0.15) is 32.1 Å². The van der Waals surface area contributed by atoms with Crippen molar-refractivity contribution >= 4 is 17.7 Å². The molecule has 2 rings (SSSR count). The summed E-state index contributed by atoms with van der Waals surface area (Å²) in [4.78, 5) is 32.6. The van der Waals surface area contributed by atoms with Crippen LogP contribution in [0.4, 0.5) is 5.82 Å². The normalized spacial score (nSPS) is 15.7. The van der Waals surface area contributed by atoms with Gasteiger partial charge in [-0.15, -0.1) is 0 Å². The molecule has 0 aromatic carbocycles. The van der Waals surface area contributed by atoms with Gasteiger partial charge in [0.15, 0.2) is 0 Å². The fraction of sp³-hybridized carbons (Fsp3) is 0.571. The average Bonchev–Trinajstić information content (AvgIpc) is 2.48. The van der Waals surface area contributed by atoms with Crippen LogP contribution >= 0.6 is 0 Å². The van der Waals surface area contributed by atoms with E-state index in [9.17, 15) is 9.59 Å². The Hall–Kier alpha value is -2.18. The maximum atomic E-state index is 11.7. The lowest BCUT2D eigenvalue weighted by Crippen LogP contribution is -2.44. The molecular formula is C14H20N4O3. The van der Waals surface area contributed by atoms with E-state index in [2.05, 4.69) is 20.2 Å². The second kappa shape index (κ2) is 7.56. The lowest BCUT2D eigenvalue weighted by molar-refractivity contribution is -0.137. The molecule has 0 radical (unpaired) electrons. The van der Waals surface area contributed by atoms with E-state index in [1.54, 1.807) is 18.6 Å². The van der Waals surface area contributed by atoms with Crippen molar-refractivity contribution in [2.45, 2.75) is 38.1 Å². The van der Waals surface area contributed by atoms with E-state index in [1.165, 1.54) is 0 Å². The smallest absolute Gasteiger partial charge is 0.303 e. The molecule has 0 atom stereocenters. The summed E-state index contributed by atoms with van der Waals surface area (Å²) >= 11 is 0. The van der Waals surface area contributed by atoms with Crippen molar-refractivity contribution in [1.29, 1.82) is 0 Å². The monoisotopic (exact) mass is 292 g/mol. The number of anilines is 1. The van der Waals surface area contributed by atoms with Crippen LogP contribution in [0.3, 0.4) is 0 Å². The van der Waals surface area contributed by atoms with Gasteiger partial charge in [0, 0.05) is 44.4 Å². The molecule has 7 heteroatoms. The van der Waals surface area contributed by atoms with Crippen LogP contribution in [0.2, 0.25) is 0 Å². The zero-order valence-electron chi connectivity index (χ0n) is 11.9. The number of carbonyl (C=O) groups is 2. The highest BCUT2D eigenvalue weighted by molar-refractivity contribution is 5.77. The summed E-state index contributed by atoms with van der Waals surface area (Å²) in [6, 6.07) is 0.162. The van der Waals surface area contributed by atoms with Gasteiger partial charge in [-0.05, 0) is 19.3 Å². The molecule has 1 aliphatic heterocycles. The van der Waals surface area contributed by atoms with Crippen molar-refractivity contribution in [3.63, 3.8) is 0 Å². The molecule has 7 nitrogen and oxygen atoms in total. The summed E-state index contributed by atoms with van der Waals surface area (Å²) in [5.74, 6) is -0.0574. The summed E-state index contributed by atoms with van der Waals surface area (Å²) in [6.45, 7) is 1.66. The lowest BCUT2D eigenvalue weighted by atomic mass is 10.0. The van der Waals surface area contributed by atoms with E-state index < -0.39 is 5.97 Å². The third-order valence-electron chi connectivity index (χ3n) is 3.53. The maximum absolute atomic E-state index is 11.7. The molecule has 1 saturated heterocycles. The lowest BCUT2D eigenvalue weighted by Gasteiger charge is -2.32. The number of nitrogens with zero attached hydrogens (tertiary/aromatic N) is 3. The van der Waals surface area contributed by atoms with E-state index in [0.29, 0.717) is 6.42 Å². The Balaban J connectivity index is 1.69. The van der Waals surface area contributed by atoms with Crippen LogP contribution in [0, 0.1) is 0 Å². The standard InChI is InChI=1S/C14H20N4O3/c19-13(2-1-3-14(20)21)17-11-4-8-18(9-5-11)12-10-15-6-7-16-12/h6-7,10-11H,1-5,8-9H2,(H,17,19)(H,20,21). The highest BCUT2D eigenvalue weighted by Crippen LogP contribution is 2.16. The Bertz CT molecular complexity index is 472. The summed E-state index contributed by atoms with van der Waals surface area (Å²) in [5.41, 5.74) is 0. The molecule has 1 aromatic heterocycles. The second-order valence-electron chi connectivity index (χ2n) is 5.14. The molecule has 0 bridgehead atoms. The van der Waals surface area contributed by atoms with E-state index in [-0.39, 0.29) is 24.8 Å². The first-order chi connectivity index (χ1) is 10.1. The minimum absolute atomic E-state index is 0.0402. The van der Waals surface area contributed by atoms with Gasteiger partial charge < -0.3 is 15.3 Å². The predicted octanol–water partition coefficient (Wildman–Crippen LogP) is 0.816.